The third-order valence-electron chi connectivity index (χ3n) is 8.79. The molecule has 1 saturated heterocycles. The van der Waals surface area contributed by atoms with Crippen LogP contribution in [0.2, 0.25) is 0 Å². The van der Waals surface area contributed by atoms with Crippen molar-refractivity contribution in [2.24, 2.45) is 5.92 Å². The summed E-state index contributed by atoms with van der Waals surface area (Å²) in [5.74, 6) is -0.321. The molecular formula is C36H34O2S. The van der Waals surface area contributed by atoms with Crippen LogP contribution in [0.3, 0.4) is 0 Å². The summed E-state index contributed by atoms with van der Waals surface area (Å²) in [5, 5.41) is 0. The Balaban J connectivity index is 1.81. The molecule has 2 aliphatic rings. The van der Waals surface area contributed by atoms with Crippen LogP contribution in [-0.2, 0) is 25.1 Å². The van der Waals surface area contributed by atoms with Gasteiger partial charge in [0.05, 0.1) is 15.5 Å². The minimum Gasteiger partial charge on any atom is -0.300 e. The monoisotopic (exact) mass is 530 g/mol. The number of Topliss-reactive ketones (excluding diaryl/α,β-unsaturated/α-hetero) is 1. The number of hydrogen-bond donors (Lipinski definition) is 0. The molecule has 2 aliphatic heterocycles. The average Bonchev–Trinajstić information content (AvgIpc) is 3.32. The number of aryl methyl sites for hydroxylation is 4. The highest BCUT2D eigenvalue weighted by Gasteiger charge is 2.72. The number of ketones is 1. The molecule has 39 heavy (non-hydrogen) atoms. The minimum absolute atomic E-state index is 0.0884. The largest absolute Gasteiger partial charge is 0.300 e. The number of benzene rings is 4. The first-order valence-electron chi connectivity index (χ1n) is 13.7. The molecule has 2 heterocycles. The number of rotatable bonds is 5. The molecule has 6 rings (SSSR count). The predicted molar refractivity (Wildman–Crippen MR) is 162 cm³/mol. The van der Waals surface area contributed by atoms with Crippen molar-refractivity contribution in [3.8, 4) is 0 Å². The van der Waals surface area contributed by atoms with Crippen LogP contribution >= 0.6 is 0 Å². The van der Waals surface area contributed by atoms with Crippen LogP contribution in [0.4, 0.5) is 0 Å². The van der Waals surface area contributed by atoms with Crippen LogP contribution in [0.25, 0.3) is 11.1 Å². The Morgan fingerprint density at radius 3 is 1.44 bits per heavy atom. The number of carbonyl (C=O) groups is 1. The Labute approximate surface area is 234 Å². The Hall–Kier alpha value is -3.56. The smallest absolute Gasteiger partial charge is 0.135 e. The van der Waals surface area contributed by atoms with Crippen molar-refractivity contribution in [2.75, 3.05) is 0 Å². The van der Waals surface area contributed by atoms with Crippen LogP contribution in [-0.4, -0.2) is 9.99 Å². The second kappa shape index (κ2) is 9.27. The summed E-state index contributed by atoms with van der Waals surface area (Å²) in [4.78, 5) is 13.6. The lowest BCUT2D eigenvalue weighted by atomic mass is 9.62. The zero-order valence-electron chi connectivity index (χ0n) is 23.2. The van der Waals surface area contributed by atoms with Crippen molar-refractivity contribution in [3.63, 3.8) is 0 Å². The van der Waals surface area contributed by atoms with Gasteiger partial charge in [-0.1, -0.05) is 119 Å². The number of hydrogen-bond acceptors (Lipinski definition) is 2. The Bertz CT molecular complexity index is 1630. The maximum atomic E-state index is 15.5. The zero-order valence-corrected chi connectivity index (χ0v) is 24.1. The molecule has 2 nitrogen and oxygen atoms in total. The van der Waals surface area contributed by atoms with E-state index in [4.69, 9.17) is 0 Å². The average molecular weight is 531 g/mol. The third kappa shape index (κ3) is 3.67. The van der Waals surface area contributed by atoms with Gasteiger partial charge in [0.25, 0.3) is 0 Å². The van der Waals surface area contributed by atoms with Crippen LogP contribution in [0.15, 0.2) is 97.1 Å². The molecule has 0 radical (unpaired) electrons. The molecule has 2 bridgehead atoms. The molecule has 4 aromatic carbocycles. The fourth-order valence-electron chi connectivity index (χ4n) is 6.81. The second-order valence-electron chi connectivity index (χ2n) is 11.4. The van der Waals surface area contributed by atoms with Crippen LogP contribution in [0.1, 0.15) is 57.9 Å². The molecule has 1 fully saturated rings. The highest BCUT2D eigenvalue weighted by Crippen LogP contribution is 2.72. The first-order valence-corrected chi connectivity index (χ1v) is 14.8. The van der Waals surface area contributed by atoms with Crippen molar-refractivity contribution in [3.05, 3.63) is 142 Å². The van der Waals surface area contributed by atoms with Gasteiger partial charge in [-0.3, -0.25) is 9.00 Å². The van der Waals surface area contributed by atoms with E-state index in [0.717, 1.165) is 44.5 Å². The van der Waals surface area contributed by atoms with Crippen molar-refractivity contribution in [1.29, 1.82) is 0 Å². The lowest BCUT2D eigenvalue weighted by Gasteiger charge is -2.37. The molecule has 4 aromatic rings. The maximum absolute atomic E-state index is 15.5. The van der Waals surface area contributed by atoms with Gasteiger partial charge in [-0.05, 0) is 74.4 Å². The van der Waals surface area contributed by atoms with Gasteiger partial charge in [-0.25, -0.2) is 0 Å². The number of carbonyl (C=O) groups excluding carboxylic acids is 1. The Kier molecular flexibility index (Phi) is 6.11. The molecular weight excluding hydrogens is 496 g/mol. The van der Waals surface area contributed by atoms with Gasteiger partial charge in [0.15, 0.2) is 0 Å². The lowest BCUT2D eigenvalue weighted by Crippen LogP contribution is -2.38. The van der Waals surface area contributed by atoms with Crippen molar-refractivity contribution in [1.82, 2.24) is 0 Å². The second-order valence-corrected chi connectivity index (χ2v) is 13.3. The van der Waals surface area contributed by atoms with E-state index in [0.29, 0.717) is 6.42 Å². The zero-order chi connectivity index (χ0) is 27.5. The summed E-state index contributed by atoms with van der Waals surface area (Å²) in [7, 11) is -1.45. The summed E-state index contributed by atoms with van der Waals surface area (Å²) in [6, 6.07) is 34.0. The normalized spacial score (nSPS) is 25.8. The van der Waals surface area contributed by atoms with E-state index >= 15 is 4.21 Å². The fourth-order valence-corrected chi connectivity index (χ4v) is 9.70. The van der Waals surface area contributed by atoms with Crippen LogP contribution in [0, 0.1) is 33.6 Å². The summed E-state index contributed by atoms with van der Waals surface area (Å²) in [6.45, 7) is 9.99. The third-order valence-corrected chi connectivity index (χ3v) is 11.3. The fraction of sp³-hybridized carbons (Fsp3) is 0.250. The summed E-state index contributed by atoms with van der Waals surface area (Å²) < 4.78 is 13.7. The number of fused-ring (bicyclic) bond motifs is 2. The molecule has 0 spiro atoms. The van der Waals surface area contributed by atoms with Gasteiger partial charge < -0.3 is 0 Å². The van der Waals surface area contributed by atoms with E-state index in [-0.39, 0.29) is 5.78 Å². The minimum atomic E-state index is -1.45. The van der Waals surface area contributed by atoms with E-state index in [1.807, 2.05) is 0 Å². The summed E-state index contributed by atoms with van der Waals surface area (Å²) in [5.41, 5.74) is 10.8. The van der Waals surface area contributed by atoms with E-state index in [1.165, 1.54) is 11.1 Å². The van der Waals surface area contributed by atoms with E-state index < -0.39 is 26.2 Å². The van der Waals surface area contributed by atoms with Crippen molar-refractivity contribution >= 4 is 27.7 Å². The lowest BCUT2D eigenvalue weighted by molar-refractivity contribution is -0.121. The molecule has 0 N–H and O–H groups in total. The maximum Gasteiger partial charge on any atom is 0.135 e. The molecule has 4 atom stereocenters. The van der Waals surface area contributed by atoms with Crippen LogP contribution in [0.5, 0.6) is 0 Å². The summed E-state index contributed by atoms with van der Waals surface area (Å²) in [6.07, 6.45) is 0.518. The van der Waals surface area contributed by atoms with Crippen LogP contribution < -0.4 is 0 Å². The van der Waals surface area contributed by atoms with Gasteiger partial charge in [0.2, 0.25) is 0 Å². The first-order chi connectivity index (χ1) is 18.7. The first kappa shape index (κ1) is 25.7. The Morgan fingerprint density at radius 2 is 1.00 bits per heavy atom. The highest BCUT2D eigenvalue weighted by atomic mass is 32.2. The molecule has 0 amide bonds. The highest BCUT2D eigenvalue weighted by molar-refractivity contribution is 7.89. The molecule has 0 saturated carbocycles. The van der Waals surface area contributed by atoms with Gasteiger partial charge in [0.1, 0.15) is 10.5 Å². The van der Waals surface area contributed by atoms with Crippen molar-refractivity contribution in [2.45, 2.75) is 50.5 Å². The van der Waals surface area contributed by atoms with E-state index in [9.17, 15) is 4.79 Å². The molecule has 196 valence electrons. The quantitative estimate of drug-likeness (QED) is 0.262. The molecule has 4 unspecified atom stereocenters. The van der Waals surface area contributed by atoms with E-state index in [1.54, 1.807) is 6.92 Å². The summed E-state index contributed by atoms with van der Waals surface area (Å²) >= 11 is 0. The predicted octanol–water partition coefficient (Wildman–Crippen LogP) is 7.99. The van der Waals surface area contributed by atoms with Gasteiger partial charge in [-0.2, -0.15) is 0 Å². The van der Waals surface area contributed by atoms with Gasteiger partial charge in [-0.15, -0.1) is 0 Å². The standard InChI is InChI=1S/C36H34O2S/c1-23-6-14-28(15-7-23)33-34(29-16-8-24(2)9-17-29)36(31-20-12-26(4)13-21-31)32(27(5)37)22-35(33,39(36)38)30-18-10-25(3)11-19-30/h6-21,32H,22H2,1-5H3. The Morgan fingerprint density at radius 1 is 0.615 bits per heavy atom. The van der Waals surface area contributed by atoms with Crippen molar-refractivity contribution < 1.29 is 9.00 Å². The molecule has 3 heteroatoms. The SMILES string of the molecule is CC(=O)C1CC2(c3ccc(C)cc3)C(c3ccc(C)cc3)=C(c3ccc(C)cc3)C1(c1ccc(C)cc1)S2=O. The molecule has 0 aliphatic carbocycles. The molecule has 0 aromatic heterocycles. The van der Waals surface area contributed by atoms with E-state index in [2.05, 4.69) is 125 Å². The van der Waals surface area contributed by atoms with Gasteiger partial charge >= 0.3 is 0 Å². The topological polar surface area (TPSA) is 34.1 Å². The van der Waals surface area contributed by atoms with Gasteiger partial charge in [0, 0.05) is 5.92 Å².